The number of nitrogens with one attached hydrogen (secondary N) is 1. The highest BCUT2D eigenvalue weighted by Crippen LogP contribution is 2.47. The van der Waals surface area contributed by atoms with Gasteiger partial charge in [0.25, 0.3) is 0 Å². The molecule has 0 aliphatic carbocycles. The summed E-state index contributed by atoms with van der Waals surface area (Å²) in [6.45, 7) is 8.17. The van der Waals surface area contributed by atoms with E-state index in [1.165, 1.54) is 0 Å². The first-order valence-electron chi connectivity index (χ1n) is 9.76. The van der Waals surface area contributed by atoms with E-state index >= 15 is 0 Å². The fourth-order valence-corrected chi connectivity index (χ4v) is 4.26. The monoisotopic (exact) mass is 361 g/mol. The third-order valence-corrected chi connectivity index (χ3v) is 5.44. The fraction of sp³-hybridized carbons (Fsp3) is 0.391. The molecule has 1 N–H and O–H groups in total. The molecule has 0 radical (unpaired) electrons. The lowest BCUT2D eigenvalue weighted by molar-refractivity contribution is -0.122. The quantitative estimate of drug-likeness (QED) is 0.891. The van der Waals surface area contributed by atoms with E-state index < -0.39 is 5.54 Å². The topological polar surface area (TPSA) is 44.7 Å². The van der Waals surface area contributed by atoms with Crippen LogP contribution in [-0.4, -0.2) is 24.8 Å². The van der Waals surface area contributed by atoms with Gasteiger partial charge in [-0.05, 0) is 18.1 Å². The summed E-state index contributed by atoms with van der Waals surface area (Å²) in [5.74, 6) is 1.00. The predicted octanol–water partition coefficient (Wildman–Crippen LogP) is 4.10. The molecule has 27 heavy (non-hydrogen) atoms. The molecule has 1 amide bonds. The van der Waals surface area contributed by atoms with Gasteiger partial charge < -0.3 is 10.2 Å². The maximum absolute atomic E-state index is 12.8. The number of carbonyl (C=O) groups excluding carboxylic acids is 1. The van der Waals surface area contributed by atoms with Gasteiger partial charge in [-0.1, -0.05) is 69.3 Å². The van der Waals surface area contributed by atoms with Gasteiger partial charge in [-0.2, -0.15) is 0 Å². The second kappa shape index (κ2) is 6.52. The Balaban J connectivity index is 1.96. The highest BCUT2D eigenvalue weighted by molar-refractivity contribution is 6.15. The number of aliphatic imine (C=N–C) groups is 1. The van der Waals surface area contributed by atoms with E-state index in [0.717, 1.165) is 42.2 Å². The zero-order valence-corrected chi connectivity index (χ0v) is 16.3. The van der Waals surface area contributed by atoms with Crippen molar-refractivity contribution >= 4 is 17.4 Å². The second-order valence-corrected chi connectivity index (χ2v) is 8.32. The number of fused-ring (bicyclic) bond motifs is 3. The Labute approximate surface area is 161 Å². The van der Waals surface area contributed by atoms with Crippen molar-refractivity contribution in [3.8, 4) is 0 Å². The highest BCUT2D eigenvalue weighted by atomic mass is 16.1. The number of amides is 1. The first kappa shape index (κ1) is 17.8. The molecular formula is C23H27N3O. The summed E-state index contributed by atoms with van der Waals surface area (Å²) in [5, 5.41) is 3.38. The summed E-state index contributed by atoms with van der Waals surface area (Å²) < 4.78 is 0. The number of benzene rings is 2. The zero-order valence-electron chi connectivity index (χ0n) is 16.3. The molecule has 1 unspecified atom stereocenters. The maximum atomic E-state index is 12.8. The number of amidine groups is 1. The predicted molar refractivity (Wildman–Crippen MR) is 110 cm³/mol. The van der Waals surface area contributed by atoms with Crippen molar-refractivity contribution in [2.75, 3.05) is 18.0 Å². The van der Waals surface area contributed by atoms with Crippen molar-refractivity contribution in [2.45, 2.75) is 39.2 Å². The van der Waals surface area contributed by atoms with E-state index in [1.54, 1.807) is 0 Å². The van der Waals surface area contributed by atoms with Crippen LogP contribution in [0.25, 0.3) is 0 Å². The molecule has 4 nitrogen and oxygen atoms in total. The Morgan fingerprint density at radius 3 is 2.56 bits per heavy atom. The van der Waals surface area contributed by atoms with E-state index in [9.17, 15) is 4.79 Å². The van der Waals surface area contributed by atoms with Gasteiger partial charge in [0, 0.05) is 36.2 Å². The molecule has 1 atom stereocenters. The summed E-state index contributed by atoms with van der Waals surface area (Å²) in [6.07, 6.45) is 1.33. The largest absolute Gasteiger partial charge is 0.336 e. The Bertz CT molecular complexity index is 888. The van der Waals surface area contributed by atoms with Crippen molar-refractivity contribution in [3.63, 3.8) is 0 Å². The third kappa shape index (κ3) is 2.84. The van der Waals surface area contributed by atoms with Crippen molar-refractivity contribution in [1.82, 2.24) is 5.32 Å². The molecule has 4 rings (SSSR count). The summed E-state index contributed by atoms with van der Waals surface area (Å²) in [5.41, 5.74) is 2.68. The molecule has 2 heterocycles. The number of hydrogen-bond acceptors (Lipinski definition) is 3. The molecule has 0 fully saturated rings. The lowest BCUT2D eigenvalue weighted by Crippen LogP contribution is -2.57. The molecule has 0 saturated carbocycles. The standard InChI is InChI=1S/C23H27N3O/c1-4-10-20(27)25-23(17-11-6-5-7-12-17)18-13-8-9-14-19(18)26-16-22(2,3)15-24-21(23)26/h5-9,11-14H,4,10,15-16H2,1-3H3,(H,25,27). The summed E-state index contributed by atoms with van der Waals surface area (Å²) in [7, 11) is 0. The van der Waals surface area contributed by atoms with E-state index in [4.69, 9.17) is 4.99 Å². The average molecular weight is 361 g/mol. The van der Waals surface area contributed by atoms with Crippen molar-refractivity contribution in [3.05, 3.63) is 65.7 Å². The molecule has 2 aliphatic rings. The number of rotatable bonds is 4. The van der Waals surface area contributed by atoms with Crippen molar-refractivity contribution in [1.29, 1.82) is 0 Å². The van der Waals surface area contributed by atoms with Gasteiger partial charge in [0.05, 0.1) is 0 Å². The molecule has 2 aromatic carbocycles. The van der Waals surface area contributed by atoms with Gasteiger partial charge >= 0.3 is 0 Å². The van der Waals surface area contributed by atoms with Gasteiger partial charge in [-0.15, -0.1) is 0 Å². The van der Waals surface area contributed by atoms with Gasteiger partial charge in [0.15, 0.2) is 5.54 Å². The fourth-order valence-electron chi connectivity index (χ4n) is 4.26. The van der Waals surface area contributed by atoms with Crippen LogP contribution >= 0.6 is 0 Å². The third-order valence-electron chi connectivity index (χ3n) is 5.44. The van der Waals surface area contributed by atoms with Crippen LogP contribution in [0.4, 0.5) is 5.69 Å². The van der Waals surface area contributed by atoms with E-state index in [2.05, 4.69) is 54.4 Å². The lowest BCUT2D eigenvalue weighted by Gasteiger charge is -2.40. The Kier molecular flexibility index (Phi) is 4.29. The normalized spacial score (nSPS) is 22.6. The average Bonchev–Trinajstić information content (AvgIpc) is 2.92. The summed E-state index contributed by atoms with van der Waals surface area (Å²) in [6, 6.07) is 18.6. The maximum Gasteiger partial charge on any atom is 0.221 e. The number of para-hydroxylation sites is 1. The molecule has 140 valence electrons. The molecule has 0 spiro atoms. The Morgan fingerprint density at radius 1 is 1.11 bits per heavy atom. The number of hydrogen-bond donors (Lipinski definition) is 1. The van der Waals surface area contributed by atoms with Crippen LogP contribution in [0.3, 0.4) is 0 Å². The smallest absolute Gasteiger partial charge is 0.221 e. The molecule has 0 aromatic heterocycles. The molecule has 0 saturated heterocycles. The molecule has 2 aliphatic heterocycles. The van der Waals surface area contributed by atoms with E-state index in [1.807, 2.05) is 31.2 Å². The number of carbonyl (C=O) groups is 1. The van der Waals surface area contributed by atoms with E-state index in [-0.39, 0.29) is 11.3 Å². The van der Waals surface area contributed by atoms with Crippen LogP contribution < -0.4 is 10.2 Å². The molecule has 4 heteroatoms. The van der Waals surface area contributed by atoms with Crippen LogP contribution in [0.15, 0.2) is 59.6 Å². The van der Waals surface area contributed by atoms with Crippen LogP contribution in [0.2, 0.25) is 0 Å². The minimum absolute atomic E-state index is 0.0607. The molecular weight excluding hydrogens is 334 g/mol. The molecule has 2 aromatic rings. The summed E-state index contributed by atoms with van der Waals surface area (Å²) in [4.78, 5) is 20.1. The second-order valence-electron chi connectivity index (χ2n) is 8.32. The van der Waals surface area contributed by atoms with Gasteiger partial charge in [-0.25, -0.2) is 0 Å². The van der Waals surface area contributed by atoms with Gasteiger partial charge in [0.2, 0.25) is 5.91 Å². The molecule has 0 bridgehead atoms. The first-order valence-corrected chi connectivity index (χ1v) is 9.76. The minimum Gasteiger partial charge on any atom is -0.336 e. The summed E-state index contributed by atoms with van der Waals surface area (Å²) >= 11 is 0. The SMILES string of the molecule is CCCC(=O)NC1(c2ccccc2)C2=NCC(C)(C)CN2c2ccccc21. The van der Waals surface area contributed by atoms with Crippen LogP contribution in [0.1, 0.15) is 44.7 Å². The van der Waals surface area contributed by atoms with Crippen LogP contribution in [0.5, 0.6) is 0 Å². The number of nitrogens with zero attached hydrogens (tertiary/aromatic N) is 2. The minimum atomic E-state index is -0.722. The van der Waals surface area contributed by atoms with Crippen molar-refractivity contribution < 1.29 is 4.79 Å². The van der Waals surface area contributed by atoms with Gasteiger partial charge in [-0.3, -0.25) is 9.79 Å². The highest BCUT2D eigenvalue weighted by Gasteiger charge is 2.53. The first-order chi connectivity index (χ1) is 13.0. The van der Waals surface area contributed by atoms with Crippen LogP contribution in [0, 0.1) is 5.41 Å². The van der Waals surface area contributed by atoms with Gasteiger partial charge in [0.1, 0.15) is 5.84 Å². The van der Waals surface area contributed by atoms with Crippen molar-refractivity contribution in [2.24, 2.45) is 10.4 Å². The Hall–Kier alpha value is -2.62. The van der Waals surface area contributed by atoms with E-state index in [0.29, 0.717) is 6.42 Å². The number of anilines is 1. The lowest BCUT2D eigenvalue weighted by atomic mass is 9.82. The Morgan fingerprint density at radius 2 is 1.81 bits per heavy atom. The zero-order chi connectivity index (χ0) is 19.1. The van der Waals surface area contributed by atoms with Crippen LogP contribution in [-0.2, 0) is 10.3 Å².